The SMILES string of the molecule is CN=C(NCc1cc(OC)c(OC)c(OC)c1)N1CCC(C)C(n2ccnc2)C1. The number of benzene rings is 1. The Morgan fingerprint density at radius 2 is 1.93 bits per heavy atom. The Kier molecular flexibility index (Phi) is 6.85. The molecule has 1 saturated heterocycles. The van der Waals surface area contributed by atoms with Gasteiger partial charge in [0.15, 0.2) is 17.5 Å². The first-order chi connectivity index (χ1) is 14.1. The minimum absolute atomic E-state index is 0.381. The van der Waals surface area contributed by atoms with Crippen LogP contribution in [0.2, 0.25) is 0 Å². The maximum absolute atomic E-state index is 5.45. The van der Waals surface area contributed by atoms with E-state index in [0.717, 1.165) is 31.0 Å². The number of likely N-dealkylation sites (tertiary alicyclic amines) is 1. The standard InChI is InChI=1S/C21H31N5O3/c1-15-6-8-25(13-17(15)26-9-7-23-14-26)21(22-2)24-12-16-10-18(27-3)20(29-5)19(11-16)28-4/h7,9-11,14-15,17H,6,8,12-13H2,1-5H3,(H,22,24). The molecule has 1 N–H and O–H groups in total. The van der Waals surface area contributed by atoms with Crippen LogP contribution < -0.4 is 19.5 Å². The normalized spacial score (nSPS) is 19.8. The largest absolute Gasteiger partial charge is 0.493 e. The van der Waals surface area contributed by atoms with Crippen molar-refractivity contribution in [3.8, 4) is 17.2 Å². The Bertz CT molecular complexity index is 797. The fourth-order valence-electron chi connectivity index (χ4n) is 3.85. The van der Waals surface area contributed by atoms with E-state index in [2.05, 4.69) is 31.7 Å². The molecule has 1 aliphatic heterocycles. The van der Waals surface area contributed by atoms with Crippen molar-refractivity contribution in [2.24, 2.45) is 10.9 Å². The lowest BCUT2D eigenvalue weighted by Crippen LogP contribution is -2.48. The van der Waals surface area contributed by atoms with Gasteiger partial charge in [0.1, 0.15) is 0 Å². The van der Waals surface area contributed by atoms with E-state index in [1.165, 1.54) is 0 Å². The van der Waals surface area contributed by atoms with Crippen LogP contribution in [0.15, 0.2) is 35.8 Å². The summed E-state index contributed by atoms with van der Waals surface area (Å²) in [5.74, 6) is 3.36. The molecular formula is C21H31N5O3. The molecule has 0 amide bonds. The van der Waals surface area contributed by atoms with Gasteiger partial charge in [-0.25, -0.2) is 4.98 Å². The van der Waals surface area contributed by atoms with Crippen molar-refractivity contribution in [2.45, 2.75) is 25.9 Å². The smallest absolute Gasteiger partial charge is 0.203 e. The summed E-state index contributed by atoms with van der Waals surface area (Å²) >= 11 is 0. The first-order valence-corrected chi connectivity index (χ1v) is 9.83. The molecule has 29 heavy (non-hydrogen) atoms. The highest BCUT2D eigenvalue weighted by Gasteiger charge is 2.28. The predicted molar refractivity (Wildman–Crippen MR) is 113 cm³/mol. The average molecular weight is 402 g/mol. The molecule has 2 heterocycles. The molecule has 1 fully saturated rings. The van der Waals surface area contributed by atoms with Crippen molar-refractivity contribution in [3.63, 3.8) is 0 Å². The van der Waals surface area contributed by atoms with Crippen LogP contribution in [0.5, 0.6) is 17.2 Å². The van der Waals surface area contributed by atoms with Gasteiger partial charge in [0.2, 0.25) is 5.75 Å². The highest BCUT2D eigenvalue weighted by molar-refractivity contribution is 5.80. The van der Waals surface area contributed by atoms with Crippen molar-refractivity contribution in [2.75, 3.05) is 41.5 Å². The number of aliphatic imine (C=N–C) groups is 1. The molecular weight excluding hydrogens is 370 g/mol. The van der Waals surface area contributed by atoms with Crippen LogP contribution in [0.25, 0.3) is 0 Å². The molecule has 8 heteroatoms. The van der Waals surface area contributed by atoms with Crippen LogP contribution in [0, 0.1) is 5.92 Å². The third-order valence-corrected chi connectivity index (χ3v) is 5.51. The van der Waals surface area contributed by atoms with E-state index in [9.17, 15) is 0 Å². The molecule has 2 atom stereocenters. The maximum Gasteiger partial charge on any atom is 0.203 e. The van der Waals surface area contributed by atoms with E-state index >= 15 is 0 Å². The highest BCUT2D eigenvalue weighted by Crippen LogP contribution is 2.38. The number of hydrogen-bond acceptors (Lipinski definition) is 5. The molecule has 0 spiro atoms. The summed E-state index contributed by atoms with van der Waals surface area (Å²) in [6.07, 6.45) is 6.88. The third kappa shape index (κ3) is 4.58. The molecule has 158 valence electrons. The van der Waals surface area contributed by atoms with Gasteiger partial charge in [0, 0.05) is 39.1 Å². The number of ether oxygens (including phenoxy) is 3. The number of imidazole rings is 1. The Morgan fingerprint density at radius 1 is 1.21 bits per heavy atom. The maximum atomic E-state index is 5.45. The molecule has 0 saturated carbocycles. The first-order valence-electron chi connectivity index (χ1n) is 9.83. The number of rotatable bonds is 6. The number of guanidine groups is 1. The number of aromatic nitrogens is 2. The van der Waals surface area contributed by atoms with Crippen molar-refractivity contribution in [1.29, 1.82) is 0 Å². The third-order valence-electron chi connectivity index (χ3n) is 5.51. The van der Waals surface area contributed by atoms with Gasteiger partial charge in [-0.2, -0.15) is 0 Å². The number of nitrogens with one attached hydrogen (secondary N) is 1. The topological polar surface area (TPSA) is 73.1 Å². The lowest BCUT2D eigenvalue weighted by atomic mass is 9.93. The van der Waals surface area contributed by atoms with E-state index in [-0.39, 0.29) is 0 Å². The Morgan fingerprint density at radius 3 is 2.48 bits per heavy atom. The minimum atomic E-state index is 0.381. The number of methoxy groups -OCH3 is 3. The molecule has 2 unspecified atom stereocenters. The van der Waals surface area contributed by atoms with Crippen LogP contribution in [0.4, 0.5) is 0 Å². The van der Waals surface area contributed by atoms with E-state index in [1.54, 1.807) is 21.3 Å². The molecule has 0 bridgehead atoms. The van der Waals surface area contributed by atoms with Gasteiger partial charge in [-0.3, -0.25) is 4.99 Å². The van der Waals surface area contributed by atoms with Gasteiger partial charge >= 0.3 is 0 Å². The van der Waals surface area contributed by atoms with Gasteiger partial charge in [-0.15, -0.1) is 0 Å². The van der Waals surface area contributed by atoms with E-state index in [1.807, 2.05) is 37.9 Å². The minimum Gasteiger partial charge on any atom is -0.493 e. The fourth-order valence-corrected chi connectivity index (χ4v) is 3.85. The summed E-state index contributed by atoms with van der Waals surface area (Å²) in [5.41, 5.74) is 1.03. The summed E-state index contributed by atoms with van der Waals surface area (Å²) in [5, 5.41) is 3.48. The Labute approximate surface area is 172 Å². The van der Waals surface area contributed by atoms with Crippen LogP contribution in [0.1, 0.15) is 24.9 Å². The molecule has 2 aromatic rings. The zero-order valence-electron chi connectivity index (χ0n) is 17.9. The van der Waals surface area contributed by atoms with Crippen molar-refractivity contribution < 1.29 is 14.2 Å². The summed E-state index contributed by atoms with van der Waals surface area (Å²) in [6.45, 7) is 4.77. The number of nitrogens with zero attached hydrogens (tertiary/aromatic N) is 4. The van der Waals surface area contributed by atoms with Gasteiger partial charge in [0.25, 0.3) is 0 Å². The first kappa shape index (κ1) is 20.8. The number of hydrogen-bond donors (Lipinski definition) is 1. The molecule has 1 aromatic heterocycles. The van der Waals surface area contributed by atoms with E-state index < -0.39 is 0 Å². The van der Waals surface area contributed by atoms with Crippen LogP contribution in [0.3, 0.4) is 0 Å². The van der Waals surface area contributed by atoms with Crippen LogP contribution in [-0.4, -0.2) is 61.9 Å². The zero-order chi connectivity index (χ0) is 20.8. The molecule has 0 aliphatic carbocycles. The van der Waals surface area contributed by atoms with E-state index in [0.29, 0.717) is 35.8 Å². The van der Waals surface area contributed by atoms with Crippen molar-refractivity contribution >= 4 is 5.96 Å². The molecule has 3 rings (SSSR count). The van der Waals surface area contributed by atoms with Crippen LogP contribution >= 0.6 is 0 Å². The predicted octanol–water partition coefficient (Wildman–Crippen LogP) is 2.57. The van der Waals surface area contributed by atoms with Gasteiger partial charge < -0.3 is 29.0 Å². The Balaban J connectivity index is 1.71. The molecule has 1 aromatic carbocycles. The quantitative estimate of drug-likeness (QED) is 0.592. The molecule has 1 aliphatic rings. The van der Waals surface area contributed by atoms with Gasteiger partial charge in [-0.1, -0.05) is 6.92 Å². The Hall–Kier alpha value is -2.90. The summed E-state index contributed by atoms with van der Waals surface area (Å²) < 4.78 is 18.5. The lowest BCUT2D eigenvalue weighted by Gasteiger charge is -2.39. The van der Waals surface area contributed by atoms with Crippen LogP contribution in [-0.2, 0) is 6.54 Å². The molecule has 0 radical (unpaired) electrons. The summed E-state index contributed by atoms with van der Waals surface area (Å²) in [6, 6.07) is 4.29. The monoisotopic (exact) mass is 401 g/mol. The fraction of sp³-hybridized carbons (Fsp3) is 0.524. The second-order valence-electron chi connectivity index (χ2n) is 7.22. The van der Waals surface area contributed by atoms with Crippen molar-refractivity contribution in [3.05, 3.63) is 36.4 Å². The van der Waals surface area contributed by atoms with Gasteiger partial charge in [0.05, 0.1) is 33.7 Å². The molecule has 8 nitrogen and oxygen atoms in total. The van der Waals surface area contributed by atoms with Crippen molar-refractivity contribution in [1.82, 2.24) is 19.8 Å². The lowest BCUT2D eigenvalue weighted by molar-refractivity contribution is 0.189. The second-order valence-corrected chi connectivity index (χ2v) is 7.22. The zero-order valence-corrected chi connectivity index (χ0v) is 17.9. The second kappa shape index (κ2) is 9.54. The van der Waals surface area contributed by atoms with E-state index in [4.69, 9.17) is 14.2 Å². The summed E-state index contributed by atoms with van der Waals surface area (Å²) in [4.78, 5) is 11.0. The van der Waals surface area contributed by atoms with Gasteiger partial charge in [-0.05, 0) is 30.0 Å². The number of piperidine rings is 1. The highest BCUT2D eigenvalue weighted by atomic mass is 16.5. The summed E-state index contributed by atoms with van der Waals surface area (Å²) in [7, 11) is 6.67. The average Bonchev–Trinajstić information content (AvgIpc) is 3.28.